The molecule has 2 aromatic carbocycles. The molecule has 0 aliphatic carbocycles. The van der Waals surface area contributed by atoms with Crippen molar-refractivity contribution in [3.05, 3.63) is 59.2 Å². The number of nitrogens with two attached hydrogens (primary N) is 1. The maximum absolute atomic E-state index is 13.3. The smallest absolute Gasteiger partial charge is 0.147 e. The molecular weight excluding hydrogens is 268 g/mol. The van der Waals surface area contributed by atoms with E-state index in [4.69, 9.17) is 5.73 Å². The number of nitrogen functional groups attached to an aromatic ring is 1. The molecule has 100 valence electrons. The highest BCUT2D eigenvalue weighted by atomic mass is 32.2. The minimum atomic E-state index is -1.39. The molecule has 2 nitrogen and oxygen atoms in total. The van der Waals surface area contributed by atoms with Gasteiger partial charge in [0.05, 0.1) is 22.2 Å². The molecule has 0 amide bonds. The highest BCUT2D eigenvalue weighted by Crippen LogP contribution is 2.19. The molecule has 1 atom stereocenters. The Kier molecular flexibility index (Phi) is 3.95. The zero-order valence-electron chi connectivity index (χ0n) is 10.3. The molecule has 0 aromatic heterocycles. The molecule has 5 heteroatoms. The van der Waals surface area contributed by atoms with Crippen molar-refractivity contribution in [3.8, 4) is 0 Å². The van der Waals surface area contributed by atoms with Crippen LogP contribution in [-0.2, 0) is 16.6 Å². The average molecular weight is 281 g/mol. The summed E-state index contributed by atoms with van der Waals surface area (Å²) in [6.45, 7) is 1.75. The molecule has 2 N–H and O–H groups in total. The second-order valence-electron chi connectivity index (χ2n) is 4.24. The molecule has 19 heavy (non-hydrogen) atoms. The molecular formula is C14H13F2NOS. The molecule has 0 bridgehead atoms. The van der Waals surface area contributed by atoms with Crippen LogP contribution in [0.25, 0.3) is 0 Å². The van der Waals surface area contributed by atoms with E-state index in [1.165, 1.54) is 30.3 Å². The van der Waals surface area contributed by atoms with Crippen molar-refractivity contribution >= 4 is 16.5 Å². The van der Waals surface area contributed by atoms with Crippen molar-refractivity contribution < 1.29 is 13.0 Å². The Morgan fingerprint density at radius 2 is 1.89 bits per heavy atom. The van der Waals surface area contributed by atoms with E-state index in [0.29, 0.717) is 4.90 Å². The number of hydrogen-bond acceptors (Lipinski definition) is 2. The van der Waals surface area contributed by atoms with Crippen LogP contribution < -0.4 is 5.73 Å². The highest BCUT2D eigenvalue weighted by molar-refractivity contribution is 7.84. The number of benzene rings is 2. The van der Waals surface area contributed by atoms with E-state index in [0.717, 1.165) is 11.1 Å². The van der Waals surface area contributed by atoms with Gasteiger partial charge in [0.1, 0.15) is 11.6 Å². The molecule has 0 saturated carbocycles. The quantitative estimate of drug-likeness (QED) is 0.878. The third-order valence-electron chi connectivity index (χ3n) is 2.83. The van der Waals surface area contributed by atoms with Gasteiger partial charge in [0, 0.05) is 4.90 Å². The third kappa shape index (κ3) is 3.17. The monoisotopic (exact) mass is 281 g/mol. The maximum Gasteiger partial charge on any atom is 0.147 e. The fraction of sp³-hybridized carbons (Fsp3) is 0.143. The van der Waals surface area contributed by atoms with Gasteiger partial charge in [-0.3, -0.25) is 4.21 Å². The molecule has 0 spiro atoms. The van der Waals surface area contributed by atoms with Gasteiger partial charge in [-0.15, -0.1) is 0 Å². The van der Waals surface area contributed by atoms with Gasteiger partial charge < -0.3 is 5.73 Å². The van der Waals surface area contributed by atoms with Crippen molar-refractivity contribution in [2.45, 2.75) is 17.6 Å². The first-order chi connectivity index (χ1) is 8.97. The average Bonchev–Trinajstić information content (AvgIpc) is 2.36. The van der Waals surface area contributed by atoms with Crippen LogP contribution in [0.1, 0.15) is 11.1 Å². The Bertz CT molecular complexity index is 643. The van der Waals surface area contributed by atoms with Crippen LogP contribution in [0.2, 0.25) is 0 Å². The summed E-state index contributed by atoms with van der Waals surface area (Å²) in [7, 11) is -1.39. The number of anilines is 1. The topological polar surface area (TPSA) is 43.1 Å². The minimum Gasteiger partial charge on any atom is -0.396 e. The van der Waals surface area contributed by atoms with E-state index < -0.39 is 16.6 Å². The van der Waals surface area contributed by atoms with Gasteiger partial charge in [0.2, 0.25) is 0 Å². The number of halogens is 2. The summed E-state index contributed by atoms with van der Waals surface area (Å²) >= 11 is 0. The Balaban J connectivity index is 2.23. The molecule has 0 heterocycles. The summed E-state index contributed by atoms with van der Waals surface area (Å²) < 4.78 is 38.4. The summed E-state index contributed by atoms with van der Waals surface area (Å²) in [5, 5.41) is 0. The second kappa shape index (κ2) is 5.48. The summed E-state index contributed by atoms with van der Waals surface area (Å²) in [5.41, 5.74) is 6.89. The fourth-order valence-electron chi connectivity index (χ4n) is 1.70. The van der Waals surface area contributed by atoms with E-state index >= 15 is 0 Å². The first-order valence-electron chi connectivity index (χ1n) is 5.66. The van der Waals surface area contributed by atoms with Crippen molar-refractivity contribution in [1.82, 2.24) is 0 Å². The lowest BCUT2D eigenvalue weighted by Gasteiger charge is -2.07. The number of hydrogen-bond donors (Lipinski definition) is 1. The molecule has 2 rings (SSSR count). The number of rotatable bonds is 3. The van der Waals surface area contributed by atoms with Crippen LogP contribution in [0.5, 0.6) is 0 Å². The summed E-state index contributed by atoms with van der Waals surface area (Å²) in [5.74, 6) is -0.692. The van der Waals surface area contributed by atoms with Crippen LogP contribution in [0.4, 0.5) is 14.5 Å². The van der Waals surface area contributed by atoms with Gasteiger partial charge in [-0.2, -0.15) is 0 Å². The molecule has 0 aliphatic heterocycles. The summed E-state index contributed by atoms with van der Waals surface area (Å²) in [6, 6.07) is 8.40. The first kappa shape index (κ1) is 13.7. The van der Waals surface area contributed by atoms with Crippen molar-refractivity contribution in [2.24, 2.45) is 0 Å². The molecule has 0 saturated heterocycles. The van der Waals surface area contributed by atoms with Crippen molar-refractivity contribution in [1.29, 1.82) is 0 Å². The fourth-order valence-corrected chi connectivity index (χ4v) is 2.92. The summed E-state index contributed by atoms with van der Waals surface area (Å²) in [6.07, 6.45) is 0. The van der Waals surface area contributed by atoms with Crippen molar-refractivity contribution in [3.63, 3.8) is 0 Å². The van der Waals surface area contributed by atoms with Crippen LogP contribution in [0, 0.1) is 18.6 Å². The zero-order chi connectivity index (χ0) is 14.0. The van der Waals surface area contributed by atoms with Crippen LogP contribution in [0.3, 0.4) is 0 Å². The van der Waals surface area contributed by atoms with Gasteiger partial charge in [-0.1, -0.05) is 6.07 Å². The van der Waals surface area contributed by atoms with E-state index in [2.05, 4.69) is 0 Å². The SMILES string of the molecule is Cc1cc(F)ccc1CS(=O)c1ccc(N)c(F)c1. The minimum absolute atomic E-state index is 0.0266. The van der Waals surface area contributed by atoms with E-state index in [-0.39, 0.29) is 17.3 Å². The Morgan fingerprint density at radius 3 is 2.53 bits per heavy atom. The van der Waals surface area contributed by atoms with Gasteiger partial charge in [-0.05, 0) is 48.4 Å². The predicted molar refractivity (Wildman–Crippen MR) is 72.1 cm³/mol. The van der Waals surface area contributed by atoms with Crippen LogP contribution in [-0.4, -0.2) is 4.21 Å². The molecule has 0 fully saturated rings. The van der Waals surface area contributed by atoms with E-state index in [1.807, 2.05) is 0 Å². The first-order valence-corrected chi connectivity index (χ1v) is 6.97. The largest absolute Gasteiger partial charge is 0.396 e. The van der Waals surface area contributed by atoms with Crippen molar-refractivity contribution in [2.75, 3.05) is 5.73 Å². The molecule has 0 aliphatic rings. The lowest BCUT2D eigenvalue weighted by Crippen LogP contribution is -2.00. The van der Waals surface area contributed by atoms with E-state index in [9.17, 15) is 13.0 Å². The Labute approximate surface area is 112 Å². The lowest BCUT2D eigenvalue weighted by molar-refractivity contribution is 0.625. The molecule has 0 radical (unpaired) electrons. The van der Waals surface area contributed by atoms with Gasteiger partial charge >= 0.3 is 0 Å². The van der Waals surface area contributed by atoms with Crippen LogP contribution in [0.15, 0.2) is 41.3 Å². The predicted octanol–water partition coefficient (Wildman–Crippen LogP) is 3.16. The lowest BCUT2D eigenvalue weighted by atomic mass is 10.1. The normalized spacial score (nSPS) is 12.4. The molecule has 2 aromatic rings. The Hall–Kier alpha value is -1.75. The number of aryl methyl sites for hydroxylation is 1. The van der Waals surface area contributed by atoms with E-state index in [1.54, 1.807) is 13.0 Å². The third-order valence-corrected chi connectivity index (χ3v) is 4.18. The summed E-state index contributed by atoms with van der Waals surface area (Å²) in [4.78, 5) is 0.371. The van der Waals surface area contributed by atoms with Gasteiger partial charge in [0.15, 0.2) is 0 Å². The molecule has 1 unspecified atom stereocenters. The van der Waals surface area contributed by atoms with Gasteiger partial charge in [-0.25, -0.2) is 8.78 Å². The second-order valence-corrected chi connectivity index (χ2v) is 5.70. The maximum atomic E-state index is 13.3. The van der Waals surface area contributed by atoms with Gasteiger partial charge in [0.25, 0.3) is 0 Å². The Morgan fingerprint density at radius 1 is 1.16 bits per heavy atom. The van der Waals surface area contributed by atoms with Crippen LogP contribution >= 0.6 is 0 Å². The zero-order valence-corrected chi connectivity index (χ0v) is 11.1. The highest BCUT2D eigenvalue weighted by Gasteiger charge is 2.10. The standard InChI is InChI=1S/C14H13F2NOS/c1-9-6-11(15)3-2-10(9)8-19(18)12-4-5-14(17)13(16)7-12/h2-7H,8,17H2,1H3.